The Hall–Kier alpha value is -0.640. The highest BCUT2D eigenvalue weighted by Gasteiger charge is 1.90. The molecule has 150 valence electrons. The predicted molar refractivity (Wildman–Crippen MR) is 110 cm³/mol. The van der Waals surface area contributed by atoms with Crippen molar-refractivity contribution in [2.45, 2.75) is 90.9 Å². The summed E-state index contributed by atoms with van der Waals surface area (Å²) in [7, 11) is 3.13. The summed E-state index contributed by atoms with van der Waals surface area (Å²) in [6, 6.07) is 0. The number of allylic oxidation sites excluding steroid dienone is 4. The number of rotatable bonds is 17. The van der Waals surface area contributed by atoms with E-state index >= 15 is 0 Å². The molecule has 0 rings (SSSR count). The fourth-order valence-electron chi connectivity index (χ4n) is 2.27. The Morgan fingerprint density at radius 1 is 0.560 bits per heavy atom. The molecule has 0 unspecified atom stereocenters. The molecule has 25 heavy (non-hydrogen) atoms. The molecule has 0 radical (unpaired) electrons. The Balaban J connectivity index is 0. The van der Waals surface area contributed by atoms with Gasteiger partial charge in [0, 0.05) is 14.2 Å². The molecule has 0 amide bonds. The molecule has 0 aromatic carbocycles. The molecule has 0 saturated carbocycles. The maximum absolute atomic E-state index is 4.69. The minimum atomic E-state index is 0.299. The molecule has 0 N–H and O–H groups in total. The molecule has 0 aliphatic heterocycles. The number of ether oxygens (including phenoxy) is 3. The van der Waals surface area contributed by atoms with Gasteiger partial charge in [-0.25, -0.2) is 0 Å². The van der Waals surface area contributed by atoms with E-state index in [2.05, 4.69) is 52.4 Å². The Bertz CT molecular complexity index is 258. The Kier molecular flexibility index (Phi) is 30.0. The normalized spacial score (nSPS) is 11.2. The highest BCUT2D eigenvalue weighted by molar-refractivity contribution is 4.81. The number of hydrogen-bond donors (Lipinski definition) is 0. The molecule has 3 nitrogen and oxygen atoms in total. The van der Waals surface area contributed by atoms with Gasteiger partial charge in [0.15, 0.2) is 0 Å². The first-order valence-electron chi connectivity index (χ1n) is 10.2. The average Bonchev–Trinajstić information content (AvgIpc) is 2.63. The van der Waals surface area contributed by atoms with Crippen molar-refractivity contribution in [2.24, 2.45) is 0 Å². The van der Waals surface area contributed by atoms with E-state index in [0.29, 0.717) is 13.6 Å². The molecular formula is C22H44O3. The molecule has 0 heterocycles. The van der Waals surface area contributed by atoms with Gasteiger partial charge in [-0.15, -0.1) is 0 Å². The van der Waals surface area contributed by atoms with Crippen LogP contribution in [0, 0.1) is 0 Å². The van der Waals surface area contributed by atoms with Gasteiger partial charge >= 0.3 is 0 Å². The number of methoxy groups -OCH3 is 2. The van der Waals surface area contributed by atoms with Crippen molar-refractivity contribution in [2.75, 3.05) is 27.8 Å². The van der Waals surface area contributed by atoms with Crippen LogP contribution in [0.5, 0.6) is 0 Å². The Labute approximate surface area is 157 Å². The van der Waals surface area contributed by atoms with Crippen LogP contribution in [-0.4, -0.2) is 27.8 Å². The zero-order chi connectivity index (χ0) is 18.8. The van der Waals surface area contributed by atoms with Crippen LogP contribution in [0.4, 0.5) is 0 Å². The maximum atomic E-state index is 4.69. The van der Waals surface area contributed by atoms with Gasteiger partial charge in [-0.1, -0.05) is 76.7 Å². The van der Waals surface area contributed by atoms with Gasteiger partial charge in [0.25, 0.3) is 0 Å². The third-order valence-corrected chi connectivity index (χ3v) is 3.69. The lowest BCUT2D eigenvalue weighted by molar-refractivity contribution is -0.107. The van der Waals surface area contributed by atoms with Gasteiger partial charge < -0.3 is 14.2 Å². The van der Waals surface area contributed by atoms with E-state index in [0.717, 1.165) is 0 Å². The molecule has 0 aliphatic carbocycles. The summed E-state index contributed by atoms with van der Waals surface area (Å²) in [6.07, 6.45) is 25.5. The van der Waals surface area contributed by atoms with E-state index < -0.39 is 0 Å². The second kappa shape index (κ2) is 28.2. The third-order valence-electron chi connectivity index (χ3n) is 3.69. The lowest BCUT2D eigenvalue weighted by atomic mass is 10.1. The average molecular weight is 357 g/mol. The minimum absolute atomic E-state index is 0.299. The summed E-state index contributed by atoms with van der Waals surface area (Å²) in [6.45, 7) is 5.06. The Morgan fingerprint density at radius 3 is 1.44 bits per heavy atom. The summed E-state index contributed by atoms with van der Waals surface area (Å²) >= 11 is 0. The first-order valence-corrected chi connectivity index (χ1v) is 10.2. The van der Waals surface area contributed by atoms with E-state index in [1.165, 1.54) is 77.0 Å². The summed E-state index contributed by atoms with van der Waals surface area (Å²) in [5.41, 5.74) is 0. The van der Waals surface area contributed by atoms with Crippen molar-refractivity contribution < 1.29 is 14.2 Å². The monoisotopic (exact) mass is 356 g/mol. The number of unbranched alkanes of at least 4 members (excludes halogenated alkanes) is 9. The van der Waals surface area contributed by atoms with Gasteiger partial charge in [0.2, 0.25) is 0 Å². The summed E-state index contributed by atoms with van der Waals surface area (Å²) in [5, 5.41) is 0. The largest absolute Gasteiger partial charge is 0.359 e. The van der Waals surface area contributed by atoms with E-state index in [1.807, 2.05) is 0 Å². The first kappa shape index (κ1) is 26.6. The van der Waals surface area contributed by atoms with Crippen molar-refractivity contribution in [1.29, 1.82) is 0 Å². The molecule has 0 aliphatic rings. The molecule has 0 atom stereocenters. The van der Waals surface area contributed by atoms with Crippen LogP contribution < -0.4 is 0 Å². The van der Waals surface area contributed by atoms with E-state index in [4.69, 9.17) is 0 Å². The second-order valence-corrected chi connectivity index (χ2v) is 6.21. The van der Waals surface area contributed by atoms with E-state index in [-0.39, 0.29) is 0 Å². The molecule has 0 aromatic rings. The molecule has 0 aromatic heterocycles. The van der Waals surface area contributed by atoms with Gasteiger partial charge in [0.1, 0.15) is 13.6 Å². The van der Waals surface area contributed by atoms with Crippen LogP contribution in [-0.2, 0) is 14.2 Å². The quantitative estimate of drug-likeness (QED) is 0.159. The molecule has 3 heteroatoms. The topological polar surface area (TPSA) is 27.7 Å². The second-order valence-electron chi connectivity index (χ2n) is 6.21. The lowest BCUT2D eigenvalue weighted by Crippen LogP contribution is -1.98. The SMILES string of the molecule is CC/C=C/CCCCCCCC/C=C/CCCC.COCOCOC. The predicted octanol–water partition coefficient (Wildman–Crippen LogP) is 7.03. The fourth-order valence-corrected chi connectivity index (χ4v) is 2.27. The van der Waals surface area contributed by atoms with Crippen LogP contribution in [0.3, 0.4) is 0 Å². The van der Waals surface area contributed by atoms with Crippen LogP contribution in [0.15, 0.2) is 24.3 Å². The summed E-state index contributed by atoms with van der Waals surface area (Å²) in [5.74, 6) is 0. The standard InChI is InChI=1S/C18H34.C4H10O3/c1-3-5-7-9-11-13-15-17-18-16-14-12-10-8-6-4-2;1-5-3-7-4-6-2/h5,7,10,12H,3-4,6,8-9,11,13-18H2,1-2H3;3-4H2,1-2H3/b7-5+,12-10+;. The maximum Gasteiger partial charge on any atom is 0.149 e. The van der Waals surface area contributed by atoms with E-state index in [1.54, 1.807) is 14.2 Å². The smallest absolute Gasteiger partial charge is 0.149 e. The molecule has 0 spiro atoms. The molecule has 0 bridgehead atoms. The van der Waals surface area contributed by atoms with Crippen molar-refractivity contribution in [3.8, 4) is 0 Å². The van der Waals surface area contributed by atoms with E-state index in [9.17, 15) is 0 Å². The van der Waals surface area contributed by atoms with Gasteiger partial charge in [0.05, 0.1) is 0 Å². The fraction of sp³-hybridized carbons (Fsp3) is 0.818. The highest BCUT2D eigenvalue weighted by atomic mass is 16.7. The molecular weight excluding hydrogens is 312 g/mol. The summed E-state index contributed by atoms with van der Waals surface area (Å²) < 4.78 is 13.8. The highest BCUT2D eigenvalue weighted by Crippen LogP contribution is 2.09. The van der Waals surface area contributed by atoms with Crippen LogP contribution >= 0.6 is 0 Å². The lowest BCUT2D eigenvalue weighted by Gasteiger charge is -1.99. The van der Waals surface area contributed by atoms with Gasteiger partial charge in [-0.2, -0.15) is 0 Å². The first-order chi connectivity index (χ1) is 12.3. The van der Waals surface area contributed by atoms with Crippen molar-refractivity contribution >= 4 is 0 Å². The minimum Gasteiger partial charge on any atom is -0.359 e. The van der Waals surface area contributed by atoms with Gasteiger partial charge in [-0.05, 0) is 38.5 Å². The van der Waals surface area contributed by atoms with Crippen molar-refractivity contribution in [3.05, 3.63) is 24.3 Å². The number of hydrogen-bond acceptors (Lipinski definition) is 3. The van der Waals surface area contributed by atoms with Crippen LogP contribution in [0.25, 0.3) is 0 Å². The van der Waals surface area contributed by atoms with Crippen LogP contribution in [0.1, 0.15) is 90.9 Å². The van der Waals surface area contributed by atoms with Crippen molar-refractivity contribution in [1.82, 2.24) is 0 Å². The molecule has 0 saturated heterocycles. The Morgan fingerprint density at radius 2 is 1.00 bits per heavy atom. The van der Waals surface area contributed by atoms with Crippen LogP contribution in [0.2, 0.25) is 0 Å². The van der Waals surface area contributed by atoms with Gasteiger partial charge in [-0.3, -0.25) is 0 Å². The summed E-state index contributed by atoms with van der Waals surface area (Å²) in [4.78, 5) is 0. The zero-order valence-electron chi connectivity index (χ0n) is 17.4. The third kappa shape index (κ3) is 31.6. The molecule has 0 fully saturated rings. The van der Waals surface area contributed by atoms with Crippen molar-refractivity contribution in [3.63, 3.8) is 0 Å². The zero-order valence-corrected chi connectivity index (χ0v) is 17.4.